The molecule has 2 amide bonds. The first-order chi connectivity index (χ1) is 25.2. The lowest BCUT2D eigenvalue weighted by molar-refractivity contribution is -0.141. The second-order valence-electron chi connectivity index (χ2n) is 15.6. The molecule has 1 spiro atoms. The van der Waals surface area contributed by atoms with Crippen LogP contribution in [0.4, 0.5) is 23.2 Å². The number of rotatable bonds is 9. The number of anilines is 1. The van der Waals surface area contributed by atoms with E-state index >= 15 is 4.39 Å². The van der Waals surface area contributed by atoms with Gasteiger partial charge in [0.05, 0.1) is 17.1 Å². The van der Waals surface area contributed by atoms with Crippen molar-refractivity contribution in [2.75, 3.05) is 44.7 Å². The first-order valence-corrected chi connectivity index (χ1v) is 18.6. The fourth-order valence-corrected chi connectivity index (χ4v) is 8.44. The number of aryl methyl sites for hydroxylation is 1. The van der Waals surface area contributed by atoms with Gasteiger partial charge in [-0.3, -0.25) is 24.2 Å². The lowest BCUT2D eigenvalue weighted by atomic mass is 9.83. The average Bonchev–Trinajstić information content (AvgIpc) is 4.03. The largest absolute Gasteiger partial charge is 0.433 e. The van der Waals surface area contributed by atoms with Crippen LogP contribution in [0.1, 0.15) is 91.2 Å². The number of likely N-dealkylation sites (N-methyl/N-ethyl adjacent to an activating group) is 1. The Balaban J connectivity index is 1.14. The normalized spacial score (nSPS) is 24.2. The first-order valence-electron chi connectivity index (χ1n) is 18.6. The number of nitrogens with two attached hydrogens (primary N) is 1. The molecule has 3 aliphatic heterocycles. The van der Waals surface area contributed by atoms with Gasteiger partial charge in [-0.15, -0.1) is 0 Å². The molecule has 2 aromatic heterocycles. The summed E-state index contributed by atoms with van der Waals surface area (Å²) >= 11 is 0. The fraction of sp³-hybridized carbons (Fsp3) is 0.553. The number of nitrogens with zero attached hydrogens (tertiary/aromatic N) is 7. The Morgan fingerprint density at radius 3 is 2.42 bits per heavy atom. The zero-order valence-electron chi connectivity index (χ0n) is 30.3. The number of aromatic nitrogens is 3. The molecule has 8 rings (SSSR count). The number of aliphatic imine (C=N–C) groups is 1. The number of nitrogens with one attached hydrogen (secondary N) is 1. The van der Waals surface area contributed by atoms with Crippen LogP contribution < -0.4 is 16.0 Å². The summed E-state index contributed by atoms with van der Waals surface area (Å²) in [4.78, 5) is 41.3. The zero-order chi connectivity index (χ0) is 37.4. The van der Waals surface area contributed by atoms with Crippen molar-refractivity contribution < 1.29 is 27.2 Å². The molecule has 2 aliphatic carbocycles. The number of amides is 2. The van der Waals surface area contributed by atoms with Crippen molar-refractivity contribution in [3.8, 4) is 11.1 Å². The maximum Gasteiger partial charge on any atom is 0.433 e. The number of primary amides is 1. The van der Waals surface area contributed by atoms with Gasteiger partial charge in [-0.25, -0.2) is 9.37 Å². The quantitative estimate of drug-likeness (QED) is 0.306. The maximum absolute atomic E-state index is 16.7. The van der Waals surface area contributed by atoms with Crippen molar-refractivity contribution in [3.05, 3.63) is 64.0 Å². The molecule has 11 nitrogen and oxygen atoms in total. The third kappa shape index (κ3) is 6.82. The SMILES string of the molecule is Cc1nn(CC(N)=O)c(C2CC2)c1-c1cc(F)c(CN2CCN(C)CC2)c(N2CC[C@]3(C[C@@H]2C)N=C(c2ccc(C(F)(F)F)nc2C2CC2)NC3=O)c1. The summed E-state index contributed by atoms with van der Waals surface area (Å²) in [5, 5.41) is 7.57. The molecular weight excluding hydrogens is 690 g/mol. The van der Waals surface area contributed by atoms with Crippen molar-refractivity contribution >= 4 is 23.3 Å². The molecule has 2 saturated heterocycles. The molecule has 3 N–H and O–H groups in total. The molecule has 3 aromatic rings. The van der Waals surface area contributed by atoms with E-state index in [4.69, 9.17) is 10.7 Å². The molecule has 4 fully saturated rings. The number of hydrogen-bond donors (Lipinski definition) is 2. The minimum Gasteiger partial charge on any atom is -0.368 e. The maximum atomic E-state index is 16.7. The van der Waals surface area contributed by atoms with E-state index in [1.165, 1.54) is 6.07 Å². The summed E-state index contributed by atoms with van der Waals surface area (Å²) < 4.78 is 59.0. The lowest BCUT2D eigenvalue weighted by Gasteiger charge is -2.43. The van der Waals surface area contributed by atoms with E-state index in [0.29, 0.717) is 54.0 Å². The van der Waals surface area contributed by atoms with Gasteiger partial charge < -0.3 is 20.9 Å². The number of carbonyl (C=O) groups is 2. The molecule has 53 heavy (non-hydrogen) atoms. The first kappa shape index (κ1) is 35.6. The molecule has 2 saturated carbocycles. The summed E-state index contributed by atoms with van der Waals surface area (Å²) in [6.07, 6.45) is -0.532. The molecular formula is C38H45F4N9O2. The predicted molar refractivity (Wildman–Crippen MR) is 191 cm³/mol. The minimum atomic E-state index is -4.57. The highest BCUT2D eigenvalue weighted by atomic mass is 19.4. The molecule has 0 radical (unpaired) electrons. The van der Waals surface area contributed by atoms with Crippen molar-refractivity contribution in [2.24, 2.45) is 10.7 Å². The van der Waals surface area contributed by atoms with Gasteiger partial charge in [0.15, 0.2) is 0 Å². The van der Waals surface area contributed by atoms with Crippen LogP contribution in [0.3, 0.4) is 0 Å². The van der Waals surface area contributed by atoms with E-state index in [1.54, 1.807) is 10.7 Å². The minimum absolute atomic E-state index is 0.0516. The van der Waals surface area contributed by atoms with Crippen LogP contribution in [0.2, 0.25) is 0 Å². The Bertz CT molecular complexity index is 2000. The van der Waals surface area contributed by atoms with E-state index in [0.717, 1.165) is 74.9 Å². The van der Waals surface area contributed by atoms with Crippen molar-refractivity contribution in [1.82, 2.24) is 29.9 Å². The standard InChI is InChI=1S/C38H45F4N9O2/c1-21-18-37(36(53)45-35(46-37)26-8-9-30(38(40,41)42)44-33(26)23-4-5-23)10-11-50(21)29-17-25(16-28(39)27(29)19-49-14-12-48(3)13-15-49)32-22(2)47-51(20-31(43)52)34(32)24-6-7-24/h8-9,16-17,21,23-24H,4-7,10-15,18-20H2,1-3H3,(H2,43,52)(H,45,46,53)/t21-,37+/m0/s1. The molecule has 282 valence electrons. The van der Waals surface area contributed by atoms with E-state index in [-0.39, 0.29) is 42.0 Å². The van der Waals surface area contributed by atoms with Gasteiger partial charge in [0.2, 0.25) is 5.91 Å². The van der Waals surface area contributed by atoms with E-state index in [2.05, 4.69) is 37.1 Å². The van der Waals surface area contributed by atoms with Crippen LogP contribution in [0.25, 0.3) is 11.1 Å². The molecule has 0 unspecified atom stereocenters. The molecule has 0 bridgehead atoms. The summed E-state index contributed by atoms with van der Waals surface area (Å²) in [6, 6.07) is 5.71. The summed E-state index contributed by atoms with van der Waals surface area (Å²) in [7, 11) is 2.08. The van der Waals surface area contributed by atoms with Crippen molar-refractivity contribution in [2.45, 2.75) is 95.1 Å². The van der Waals surface area contributed by atoms with Crippen LogP contribution in [0.5, 0.6) is 0 Å². The number of halogens is 4. The molecule has 5 aliphatic rings. The van der Waals surface area contributed by atoms with Crippen LogP contribution in [-0.2, 0) is 28.9 Å². The van der Waals surface area contributed by atoms with Crippen LogP contribution >= 0.6 is 0 Å². The van der Waals surface area contributed by atoms with Gasteiger partial charge in [-0.2, -0.15) is 18.3 Å². The second kappa shape index (κ2) is 13.2. The van der Waals surface area contributed by atoms with E-state index in [9.17, 15) is 22.8 Å². The van der Waals surface area contributed by atoms with Crippen LogP contribution in [0, 0.1) is 12.7 Å². The lowest BCUT2D eigenvalue weighted by Crippen LogP contribution is -2.53. The van der Waals surface area contributed by atoms with Gasteiger partial charge in [0.25, 0.3) is 5.91 Å². The van der Waals surface area contributed by atoms with Gasteiger partial charge in [0, 0.05) is 85.9 Å². The molecule has 1 aromatic carbocycles. The fourth-order valence-electron chi connectivity index (χ4n) is 8.44. The highest BCUT2D eigenvalue weighted by molar-refractivity contribution is 6.16. The second-order valence-corrected chi connectivity index (χ2v) is 15.6. The molecule has 15 heteroatoms. The number of pyridine rings is 1. The van der Waals surface area contributed by atoms with Gasteiger partial charge in [-0.05, 0) is 82.8 Å². The summed E-state index contributed by atoms with van der Waals surface area (Å²) in [5.74, 6) is -0.731. The van der Waals surface area contributed by atoms with Crippen LogP contribution in [0.15, 0.2) is 29.3 Å². The third-order valence-corrected chi connectivity index (χ3v) is 11.5. The Kier molecular flexibility index (Phi) is 8.87. The number of piperidine rings is 1. The van der Waals surface area contributed by atoms with Gasteiger partial charge in [0.1, 0.15) is 29.4 Å². The van der Waals surface area contributed by atoms with Gasteiger partial charge >= 0.3 is 6.18 Å². The highest BCUT2D eigenvalue weighted by Crippen LogP contribution is 2.48. The zero-order valence-corrected chi connectivity index (χ0v) is 30.3. The topological polar surface area (TPSA) is 125 Å². The monoisotopic (exact) mass is 735 g/mol. The number of benzene rings is 1. The third-order valence-electron chi connectivity index (χ3n) is 11.5. The number of alkyl halides is 3. The Labute approximate surface area is 305 Å². The Morgan fingerprint density at radius 1 is 1.06 bits per heavy atom. The molecule has 2 atom stereocenters. The number of carbonyl (C=O) groups excluding carboxylic acids is 2. The van der Waals surface area contributed by atoms with Crippen molar-refractivity contribution in [3.63, 3.8) is 0 Å². The highest BCUT2D eigenvalue weighted by Gasteiger charge is 2.49. The molecule has 5 heterocycles. The summed E-state index contributed by atoms with van der Waals surface area (Å²) in [6.45, 7) is 8.03. The Morgan fingerprint density at radius 2 is 1.77 bits per heavy atom. The van der Waals surface area contributed by atoms with E-state index in [1.807, 2.05) is 19.9 Å². The summed E-state index contributed by atoms with van der Waals surface area (Å²) in [5.41, 5.74) is 8.70. The number of hydrogen-bond acceptors (Lipinski definition) is 8. The number of amidine groups is 1. The predicted octanol–water partition coefficient (Wildman–Crippen LogP) is 4.70. The Hall–Kier alpha value is -4.37. The van der Waals surface area contributed by atoms with E-state index < -0.39 is 23.3 Å². The smallest absolute Gasteiger partial charge is 0.368 e. The van der Waals surface area contributed by atoms with Crippen molar-refractivity contribution in [1.29, 1.82) is 0 Å². The van der Waals surface area contributed by atoms with Gasteiger partial charge in [-0.1, -0.05) is 0 Å². The average molecular weight is 736 g/mol. The number of piperazine rings is 1. The van der Waals surface area contributed by atoms with Crippen LogP contribution in [-0.4, -0.2) is 93.6 Å².